The average Bonchev–Trinajstić information content (AvgIpc) is 3.12. The number of unbranched alkanes of at least 4 members (excludes halogenated alkanes) is 30. The van der Waals surface area contributed by atoms with Crippen molar-refractivity contribution in [3.63, 3.8) is 0 Å². The van der Waals surface area contributed by atoms with Crippen molar-refractivity contribution in [1.82, 2.24) is 0 Å². The zero-order chi connectivity index (χ0) is 38.8. The van der Waals surface area contributed by atoms with E-state index in [-0.39, 0.29) is 25.9 Å². The van der Waals surface area contributed by atoms with Crippen molar-refractivity contribution in [3.8, 4) is 0 Å². The third-order valence-electron chi connectivity index (χ3n) is 10.4. The van der Waals surface area contributed by atoms with Crippen LogP contribution in [0, 0.1) is 5.41 Å². The number of aliphatic hydroxyl groups is 3. The van der Waals surface area contributed by atoms with E-state index in [1.54, 1.807) is 0 Å². The smallest absolute Gasteiger partial charge is 0.334 e. The molecule has 0 saturated heterocycles. The van der Waals surface area contributed by atoms with Crippen molar-refractivity contribution in [2.24, 2.45) is 5.41 Å². The maximum Gasteiger partial charge on any atom is 0.334 e. The van der Waals surface area contributed by atoms with Crippen LogP contribution in [-0.4, -0.2) is 67.4 Å². The van der Waals surface area contributed by atoms with E-state index >= 15 is 0 Å². The van der Waals surface area contributed by atoms with Crippen molar-refractivity contribution >= 4 is 17.2 Å². The summed E-state index contributed by atoms with van der Waals surface area (Å²) in [6.45, 7) is 4.53. The molecule has 52 heavy (non-hydrogen) atoms. The van der Waals surface area contributed by atoms with Crippen molar-refractivity contribution in [2.45, 2.75) is 232 Å². The Balaban J connectivity index is 0. The Morgan fingerprint density at radius 1 is 0.385 bits per heavy atom. The Morgan fingerprint density at radius 3 is 0.865 bits per heavy atom. The monoisotopic (exact) mass is 787 g/mol. The normalized spacial score (nSPS) is 12.5. The van der Waals surface area contributed by atoms with Gasteiger partial charge in [0.1, 0.15) is 0 Å². The van der Waals surface area contributed by atoms with Crippen LogP contribution in [0.1, 0.15) is 226 Å². The van der Waals surface area contributed by atoms with Crippen molar-refractivity contribution in [3.05, 3.63) is 0 Å². The molecule has 0 radical (unpaired) electrons. The molecule has 0 heterocycles. The lowest BCUT2D eigenvalue weighted by atomic mass is 9.81. The first-order valence-corrected chi connectivity index (χ1v) is 24.1. The molecule has 0 aromatic rings. The minimum atomic E-state index is -2.61. The second kappa shape index (κ2) is 44.2. The largest absolute Gasteiger partial charge is 0.396 e. The van der Waals surface area contributed by atoms with E-state index < -0.39 is 22.6 Å². The van der Waals surface area contributed by atoms with Gasteiger partial charge in [-0.3, -0.25) is 0 Å². The molecule has 0 fully saturated rings. The van der Waals surface area contributed by atoms with E-state index in [9.17, 15) is 15.3 Å². The summed E-state index contributed by atoms with van der Waals surface area (Å²) in [4.78, 5) is 31.3. The number of rotatable bonds is 41. The summed E-state index contributed by atoms with van der Waals surface area (Å²) in [6.07, 6.45) is 43.7. The molecule has 0 aliphatic carbocycles. The van der Waals surface area contributed by atoms with Gasteiger partial charge in [0, 0.05) is 6.61 Å². The first-order valence-electron chi connectivity index (χ1n) is 21.8. The molecule has 0 rings (SSSR count). The molecule has 0 amide bonds. The van der Waals surface area contributed by atoms with Crippen molar-refractivity contribution in [2.75, 3.05) is 26.4 Å². The zero-order valence-electron chi connectivity index (χ0n) is 34.1. The van der Waals surface area contributed by atoms with Crippen LogP contribution < -0.4 is 0 Å². The second-order valence-corrected chi connectivity index (χ2v) is 16.8. The van der Waals surface area contributed by atoms with Gasteiger partial charge in [0.15, 0.2) is 0 Å². The summed E-state index contributed by atoms with van der Waals surface area (Å²) < 4.78 is 9.85. The lowest BCUT2D eigenvalue weighted by molar-refractivity contribution is -0.117. The Labute approximate surface area is 324 Å². The SMILES string of the molecule is CCCCCCCCCCCCCCCCCCOC(CCCCCCCCCCCCCCCCCC)C(CO)(CO)CO.OP(O)OP(O)O. The molecule has 0 bridgehead atoms. The van der Waals surface area contributed by atoms with Gasteiger partial charge < -0.3 is 39.6 Å². The van der Waals surface area contributed by atoms with E-state index in [2.05, 4.69) is 18.2 Å². The predicted octanol–water partition coefficient (Wildman–Crippen LogP) is 11.7. The van der Waals surface area contributed by atoms with E-state index in [1.165, 1.54) is 186 Å². The van der Waals surface area contributed by atoms with Gasteiger partial charge in [-0.2, -0.15) is 0 Å². The first kappa shape index (κ1) is 54.6. The fraction of sp³-hybridized carbons (Fsp3) is 1.00. The maximum atomic E-state index is 10.0. The van der Waals surface area contributed by atoms with Crippen molar-refractivity contribution in [1.29, 1.82) is 0 Å². The maximum absolute atomic E-state index is 10.0. The van der Waals surface area contributed by atoms with Gasteiger partial charge in [-0.1, -0.05) is 213 Å². The third kappa shape index (κ3) is 38.8. The molecule has 0 aliphatic rings. The average molecular weight is 787 g/mol. The first-order chi connectivity index (χ1) is 25.3. The predicted molar refractivity (Wildman–Crippen MR) is 221 cm³/mol. The summed E-state index contributed by atoms with van der Waals surface area (Å²) in [5.74, 6) is 0. The fourth-order valence-corrected chi connectivity index (χ4v) is 7.36. The van der Waals surface area contributed by atoms with Gasteiger partial charge in [-0.25, -0.2) is 4.31 Å². The summed E-state index contributed by atoms with van der Waals surface area (Å²) in [5.41, 5.74) is -0.940. The Kier molecular flexibility index (Phi) is 46.4. The summed E-state index contributed by atoms with van der Waals surface area (Å²) in [6, 6.07) is 0. The molecule has 7 N–H and O–H groups in total. The lowest BCUT2D eigenvalue weighted by Gasteiger charge is -2.36. The summed E-state index contributed by atoms with van der Waals surface area (Å²) in [7, 11) is -5.22. The summed E-state index contributed by atoms with van der Waals surface area (Å²) >= 11 is 0. The van der Waals surface area contributed by atoms with Gasteiger partial charge in [-0.05, 0) is 12.8 Å². The van der Waals surface area contributed by atoms with E-state index in [1.807, 2.05) is 0 Å². The molecule has 0 saturated carbocycles. The van der Waals surface area contributed by atoms with Crippen LogP contribution in [0.15, 0.2) is 0 Å². The minimum Gasteiger partial charge on any atom is -0.396 e. The summed E-state index contributed by atoms with van der Waals surface area (Å²) in [5, 5.41) is 30.1. The highest BCUT2D eigenvalue weighted by Gasteiger charge is 2.38. The van der Waals surface area contributed by atoms with Crippen LogP contribution in [0.4, 0.5) is 0 Å². The Bertz CT molecular complexity index is 643. The number of aliphatic hydroxyl groups excluding tert-OH is 3. The van der Waals surface area contributed by atoms with Gasteiger partial charge >= 0.3 is 17.2 Å². The number of hydrogen-bond acceptors (Lipinski definition) is 9. The highest BCUT2D eigenvalue weighted by atomic mass is 31.2. The molecule has 9 nitrogen and oxygen atoms in total. The van der Waals surface area contributed by atoms with Crippen LogP contribution in [0.25, 0.3) is 0 Å². The molecule has 1 unspecified atom stereocenters. The fourth-order valence-electron chi connectivity index (χ4n) is 6.84. The molecule has 0 aromatic carbocycles. The molecular formula is C41H88O9P2. The Hall–Kier alpha value is 0.500. The van der Waals surface area contributed by atoms with Gasteiger partial charge in [0.25, 0.3) is 0 Å². The quantitative estimate of drug-likeness (QED) is 0.0236. The molecule has 0 spiro atoms. The molecule has 0 aromatic heterocycles. The van der Waals surface area contributed by atoms with Crippen LogP contribution in [0.5, 0.6) is 0 Å². The molecule has 316 valence electrons. The van der Waals surface area contributed by atoms with Gasteiger partial charge in [-0.15, -0.1) is 0 Å². The van der Waals surface area contributed by atoms with E-state index in [4.69, 9.17) is 24.3 Å². The molecule has 1 atom stereocenters. The number of hydrogen-bond donors (Lipinski definition) is 7. The Morgan fingerprint density at radius 2 is 0.635 bits per heavy atom. The molecule has 11 heteroatoms. The number of ether oxygens (including phenoxy) is 1. The topological polar surface area (TPSA) is 160 Å². The lowest BCUT2D eigenvalue weighted by Crippen LogP contribution is -2.46. The highest BCUT2D eigenvalue weighted by Crippen LogP contribution is 2.41. The molecule has 0 aliphatic heterocycles. The second-order valence-electron chi connectivity index (χ2n) is 15.2. The standard InChI is InChI=1S/C41H84O4.H4O5P2/c1-3-5-7-9-11-13-15-17-19-21-23-25-27-29-31-33-35-40(41(37-42,38-43)39-44)45-36-34-32-30-28-26-24-22-20-18-16-14-12-10-8-6-4-2;1-6(2)5-7(3)4/h40,42-44H,3-39H2,1-2H3;1-4H. The minimum absolute atomic E-state index is 0.234. The highest BCUT2D eigenvalue weighted by molar-refractivity contribution is 7.53. The van der Waals surface area contributed by atoms with E-state index in [0.29, 0.717) is 6.61 Å². The molecular weight excluding hydrogens is 698 g/mol. The van der Waals surface area contributed by atoms with Gasteiger partial charge in [0.2, 0.25) is 0 Å². The van der Waals surface area contributed by atoms with Crippen LogP contribution in [-0.2, 0) is 9.05 Å². The van der Waals surface area contributed by atoms with E-state index in [0.717, 1.165) is 25.7 Å². The van der Waals surface area contributed by atoms with Crippen LogP contribution in [0.2, 0.25) is 0 Å². The van der Waals surface area contributed by atoms with Crippen molar-refractivity contribution < 1.29 is 43.9 Å². The zero-order valence-corrected chi connectivity index (χ0v) is 35.9. The van der Waals surface area contributed by atoms with Crippen LogP contribution in [0.3, 0.4) is 0 Å². The van der Waals surface area contributed by atoms with Crippen LogP contribution >= 0.6 is 17.2 Å². The third-order valence-corrected chi connectivity index (χ3v) is 11.6. The van der Waals surface area contributed by atoms with Gasteiger partial charge in [0.05, 0.1) is 31.3 Å².